The Labute approximate surface area is 64.2 Å². The van der Waals surface area contributed by atoms with Gasteiger partial charge in [0.05, 0.1) is 0 Å². The average molecular weight is 139 g/mol. The van der Waals surface area contributed by atoms with Gasteiger partial charge >= 0.3 is 0 Å². The van der Waals surface area contributed by atoms with E-state index in [2.05, 4.69) is 25.1 Å². The van der Waals surface area contributed by atoms with E-state index in [0.717, 1.165) is 19.4 Å². The zero-order valence-corrected chi connectivity index (χ0v) is 7.20. The van der Waals surface area contributed by atoms with Crippen molar-refractivity contribution < 1.29 is 0 Å². The first-order valence-corrected chi connectivity index (χ1v) is 3.70. The van der Waals surface area contributed by atoms with Crippen molar-refractivity contribution in [1.29, 1.82) is 0 Å². The van der Waals surface area contributed by atoms with Crippen LogP contribution in [-0.2, 0) is 0 Å². The minimum Gasteiger partial charge on any atom is -0.319 e. The summed E-state index contributed by atoms with van der Waals surface area (Å²) in [5.74, 6) is 2.65. The number of terminal acetylenes is 1. The van der Waals surface area contributed by atoms with Crippen molar-refractivity contribution in [3.63, 3.8) is 0 Å². The lowest BCUT2D eigenvalue weighted by molar-refractivity contribution is 0.329. The SMILES string of the molecule is C#CCCC(C)(C)CNC. The third kappa shape index (κ3) is 4.40. The Bertz CT molecular complexity index is 119. The summed E-state index contributed by atoms with van der Waals surface area (Å²) in [6.45, 7) is 5.48. The van der Waals surface area contributed by atoms with E-state index in [1.165, 1.54) is 0 Å². The Kier molecular flexibility index (Phi) is 4.14. The van der Waals surface area contributed by atoms with E-state index >= 15 is 0 Å². The molecule has 0 unspecified atom stereocenters. The van der Waals surface area contributed by atoms with Gasteiger partial charge in [0.2, 0.25) is 0 Å². The van der Waals surface area contributed by atoms with Crippen LogP contribution < -0.4 is 5.32 Å². The standard InChI is InChI=1S/C9H17N/c1-5-6-7-9(2,3)8-10-4/h1,10H,6-8H2,2-4H3. The van der Waals surface area contributed by atoms with Crippen LogP contribution in [0.15, 0.2) is 0 Å². The Morgan fingerprint density at radius 2 is 2.10 bits per heavy atom. The van der Waals surface area contributed by atoms with Crippen LogP contribution in [0.25, 0.3) is 0 Å². The second kappa shape index (κ2) is 4.35. The van der Waals surface area contributed by atoms with Gasteiger partial charge in [0.1, 0.15) is 0 Å². The number of nitrogens with one attached hydrogen (secondary N) is 1. The average Bonchev–Trinajstić information content (AvgIpc) is 1.84. The fourth-order valence-electron chi connectivity index (χ4n) is 0.977. The van der Waals surface area contributed by atoms with Gasteiger partial charge in [-0.3, -0.25) is 0 Å². The van der Waals surface area contributed by atoms with Crippen molar-refractivity contribution in [2.24, 2.45) is 5.41 Å². The minimum absolute atomic E-state index is 0.348. The molecule has 1 heteroatoms. The third-order valence-electron chi connectivity index (χ3n) is 1.60. The molecule has 0 radical (unpaired) electrons. The molecule has 0 aliphatic rings. The van der Waals surface area contributed by atoms with Gasteiger partial charge in [0.15, 0.2) is 0 Å². The van der Waals surface area contributed by atoms with E-state index < -0.39 is 0 Å². The second-order valence-electron chi connectivity index (χ2n) is 3.40. The summed E-state index contributed by atoms with van der Waals surface area (Å²) in [7, 11) is 1.97. The van der Waals surface area contributed by atoms with Crippen LogP contribution in [0.2, 0.25) is 0 Å². The van der Waals surface area contributed by atoms with Crippen molar-refractivity contribution in [2.45, 2.75) is 26.7 Å². The molecule has 0 fully saturated rings. The lowest BCUT2D eigenvalue weighted by Crippen LogP contribution is -2.26. The van der Waals surface area contributed by atoms with Gasteiger partial charge in [-0.2, -0.15) is 0 Å². The lowest BCUT2D eigenvalue weighted by Gasteiger charge is -2.22. The highest BCUT2D eigenvalue weighted by atomic mass is 14.8. The number of hydrogen-bond acceptors (Lipinski definition) is 1. The van der Waals surface area contributed by atoms with E-state index in [-0.39, 0.29) is 0 Å². The molecule has 0 heterocycles. The van der Waals surface area contributed by atoms with E-state index in [4.69, 9.17) is 6.42 Å². The van der Waals surface area contributed by atoms with Crippen molar-refractivity contribution >= 4 is 0 Å². The fourth-order valence-corrected chi connectivity index (χ4v) is 0.977. The third-order valence-corrected chi connectivity index (χ3v) is 1.60. The monoisotopic (exact) mass is 139 g/mol. The van der Waals surface area contributed by atoms with Gasteiger partial charge in [0.25, 0.3) is 0 Å². The van der Waals surface area contributed by atoms with Crippen LogP contribution in [0.1, 0.15) is 26.7 Å². The molecule has 0 amide bonds. The molecular formula is C9H17N. The van der Waals surface area contributed by atoms with Gasteiger partial charge < -0.3 is 5.32 Å². The van der Waals surface area contributed by atoms with Crippen molar-refractivity contribution in [3.05, 3.63) is 0 Å². The molecule has 1 N–H and O–H groups in total. The summed E-state index contributed by atoms with van der Waals surface area (Å²) in [4.78, 5) is 0. The molecule has 0 saturated carbocycles. The van der Waals surface area contributed by atoms with E-state index in [9.17, 15) is 0 Å². The van der Waals surface area contributed by atoms with Gasteiger partial charge in [-0.1, -0.05) is 13.8 Å². The maximum atomic E-state index is 5.16. The zero-order chi connectivity index (χ0) is 8.04. The number of rotatable bonds is 4. The van der Waals surface area contributed by atoms with E-state index in [0.29, 0.717) is 5.41 Å². The minimum atomic E-state index is 0.348. The van der Waals surface area contributed by atoms with Crippen LogP contribution in [0, 0.1) is 17.8 Å². The highest BCUT2D eigenvalue weighted by Gasteiger charge is 2.14. The van der Waals surface area contributed by atoms with Gasteiger partial charge in [-0.25, -0.2) is 0 Å². The summed E-state index contributed by atoms with van der Waals surface area (Å²) < 4.78 is 0. The molecule has 0 bridgehead atoms. The van der Waals surface area contributed by atoms with Gasteiger partial charge in [-0.05, 0) is 25.4 Å². The van der Waals surface area contributed by atoms with Crippen LogP contribution in [0.4, 0.5) is 0 Å². The quantitative estimate of drug-likeness (QED) is 0.584. The lowest BCUT2D eigenvalue weighted by atomic mass is 9.88. The predicted octanol–water partition coefficient (Wildman–Crippen LogP) is 1.65. The molecule has 0 aliphatic heterocycles. The van der Waals surface area contributed by atoms with Crippen LogP contribution in [-0.4, -0.2) is 13.6 Å². The molecule has 0 aliphatic carbocycles. The molecule has 58 valence electrons. The Morgan fingerprint density at radius 1 is 1.50 bits per heavy atom. The Morgan fingerprint density at radius 3 is 2.50 bits per heavy atom. The first-order valence-electron chi connectivity index (χ1n) is 3.70. The molecule has 0 atom stereocenters. The summed E-state index contributed by atoms with van der Waals surface area (Å²) in [6.07, 6.45) is 7.15. The van der Waals surface area contributed by atoms with Crippen LogP contribution >= 0.6 is 0 Å². The normalized spacial score (nSPS) is 11.0. The summed E-state index contributed by atoms with van der Waals surface area (Å²) in [5.41, 5.74) is 0.348. The molecule has 0 spiro atoms. The summed E-state index contributed by atoms with van der Waals surface area (Å²) in [5, 5.41) is 3.15. The van der Waals surface area contributed by atoms with Crippen LogP contribution in [0.5, 0.6) is 0 Å². The summed E-state index contributed by atoms with van der Waals surface area (Å²) >= 11 is 0. The van der Waals surface area contributed by atoms with Crippen molar-refractivity contribution in [1.82, 2.24) is 5.32 Å². The topological polar surface area (TPSA) is 12.0 Å². The van der Waals surface area contributed by atoms with E-state index in [1.807, 2.05) is 7.05 Å². The first kappa shape index (κ1) is 9.52. The molecule has 0 saturated heterocycles. The van der Waals surface area contributed by atoms with Crippen molar-refractivity contribution in [3.8, 4) is 12.3 Å². The first-order chi connectivity index (χ1) is 4.62. The zero-order valence-electron chi connectivity index (χ0n) is 7.20. The molecule has 10 heavy (non-hydrogen) atoms. The van der Waals surface area contributed by atoms with Gasteiger partial charge in [-0.15, -0.1) is 12.3 Å². The largest absolute Gasteiger partial charge is 0.319 e. The maximum absolute atomic E-state index is 5.16. The molecule has 0 aromatic rings. The van der Waals surface area contributed by atoms with Crippen molar-refractivity contribution in [2.75, 3.05) is 13.6 Å². The summed E-state index contributed by atoms with van der Waals surface area (Å²) in [6, 6.07) is 0. The smallest absolute Gasteiger partial charge is 0.00916 e. The Balaban J connectivity index is 3.54. The molecule has 1 nitrogen and oxygen atoms in total. The molecule has 0 aromatic carbocycles. The fraction of sp³-hybridized carbons (Fsp3) is 0.778. The van der Waals surface area contributed by atoms with Gasteiger partial charge in [0, 0.05) is 6.42 Å². The molecule has 0 rings (SSSR count). The maximum Gasteiger partial charge on any atom is 0.00916 e. The van der Waals surface area contributed by atoms with Crippen LogP contribution in [0.3, 0.4) is 0 Å². The Hall–Kier alpha value is -0.480. The predicted molar refractivity (Wildman–Crippen MR) is 45.8 cm³/mol. The number of hydrogen-bond donors (Lipinski definition) is 1. The molecular weight excluding hydrogens is 122 g/mol. The highest BCUT2D eigenvalue weighted by molar-refractivity contribution is 4.86. The highest BCUT2D eigenvalue weighted by Crippen LogP contribution is 2.19. The second-order valence-corrected chi connectivity index (χ2v) is 3.40. The molecule has 0 aromatic heterocycles. The van der Waals surface area contributed by atoms with E-state index in [1.54, 1.807) is 0 Å².